The minimum absolute atomic E-state index is 0.115. The fraction of sp³-hybridized carbons (Fsp3) is 0.500. The van der Waals surface area contributed by atoms with Crippen molar-refractivity contribution in [3.8, 4) is 11.5 Å². The van der Waals surface area contributed by atoms with Gasteiger partial charge in [0.1, 0.15) is 5.76 Å². The van der Waals surface area contributed by atoms with E-state index in [-0.39, 0.29) is 6.04 Å². The summed E-state index contributed by atoms with van der Waals surface area (Å²) in [4.78, 5) is 10.8. The summed E-state index contributed by atoms with van der Waals surface area (Å²) in [5.74, 6) is 3.58. The number of aryl methyl sites for hydroxylation is 2. The van der Waals surface area contributed by atoms with Crippen LogP contribution < -0.4 is 20.1 Å². The fourth-order valence-electron chi connectivity index (χ4n) is 2.85. The predicted octanol–water partition coefficient (Wildman–Crippen LogP) is 2.28. The summed E-state index contributed by atoms with van der Waals surface area (Å²) in [7, 11) is 9.09. The Balaban J connectivity index is 2.03. The lowest BCUT2D eigenvalue weighted by molar-refractivity contribution is 0.295. The van der Waals surface area contributed by atoms with Gasteiger partial charge in [0, 0.05) is 13.6 Å². The van der Waals surface area contributed by atoms with Gasteiger partial charge in [-0.1, -0.05) is 6.07 Å². The summed E-state index contributed by atoms with van der Waals surface area (Å²) >= 11 is 0. The lowest BCUT2D eigenvalue weighted by Crippen LogP contribution is -2.41. The summed E-state index contributed by atoms with van der Waals surface area (Å²) in [6.45, 7) is 4.97. The average Bonchev–Trinajstić information content (AvgIpc) is 3.01. The lowest BCUT2D eigenvalue weighted by atomic mass is 10.1. The number of hydrogen-bond donors (Lipinski definition) is 2. The van der Waals surface area contributed by atoms with Crippen molar-refractivity contribution in [2.75, 3.05) is 41.9 Å². The summed E-state index contributed by atoms with van der Waals surface area (Å²) in [5.41, 5.74) is 2.02. The molecule has 8 heteroatoms. The molecule has 154 valence electrons. The smallest absolute Gasteiger partial charge is 0.214 e. The highest BCUT2D eigenvalue weighted by atomic mass is 16.5. The van der Waals surface area contributed by atoms with E-state index in [1.807, 2.05) is 46.1 Å². The molecule has 0 aliphatic carbocycles. The second-order valence-electron chi connectivity index (χ2n) is 6.65. The Kier molecular flexibility index (Phi) is 7.69. The Morgan fingerprint density at radius 3 is 2.43 bits per heavy atom. The van der Waals surface area contributed by atoms with Gasteiger partial charge >= 0.3 is 0 Å². The third-order valence-electron chi connectivity index (χ3n) is 4.58. The first-order chi connectivity index (χ1) is 13.4. The molecule has 0 amide bonds. The standard InChI is InChI=1S/C20H31N5O3/c1-13-14(2)28-19(24-13)12-23-20(21-3)22-11-16(25(4)5)15-8-9-17(26-6)18(10-15)27-7/h8-10,16H,11-12H2,1-7H3,(H2,21,22,23). The van der Waals surface area contributed by atoms with E-state index < -0.39 is 0 Å². The van der Waals surface area contributed by atoms with E-state index in [1.54, 1.807) is 21.3 Å². The zero-order valence-corrected chi connectivity index (χ0v) is 17.8. The molecule has 1 unspecified atom stereocenters. The minimum Gasteiger partial charge on any atom is -0.493 e. The molecule has 0 saturated carbocycles. The van der Waals surface area contributed by atoms with Crippen LogP contribution in [0.3, 0.4) is 0 Å². The van der Waals surface area contributed by atoms with E-state index in [9.17, 15) is 0 Å². The van der Waals surface area contributed by atoms with E-state index in [2.05, 4.69) is 25.5 Å². The molecule has 0 bridgehead atoms. The van der Waals surface area contributed by atoms with E-state index in [0.29, 0.717) is 36.4 Å². The number of guanidine groups is 1. The van der Waals surface area contributed by atoms with Crippen molar-refractivity contribution >= 4 is 5.96 Å². The summed E-state index contributed by atoms with van der Waals surface area (Å²) in [5, 5.41) is 6.60. The Bertz CT molecular complexity index is 782. The molecule has 0 fully saturated rings. The monoisotopic (exact) mass is 389 g/mol. The molecule has 0 aliphatic rings. The summed E-state index contributed by atoms with van der Waals surface area (Å²) in [6, 6.07) is 6.08. The molecule has 1 heterocycles. The molecule has 0 saturated heterocycles. The molecule has 8 nitrogen and oxygen atoms in total. The van der Waals surface area contributed by atoms with Crippen LogP contribution in [-0.4, -0.2) is 57.8 Å². The molecule has 0 aliphatic heterocycles. The number of ether oxygens (including phenoxy) is 2. The van der Waals surface area contributed by atoms with Gasteiger partial charge in [0.25, 0.3) is 0 Å². The number of benzene rings is 1. The average molecular weight is 390 g/mol. The normalized spacial score (nSPS) is 12.8. The van der Waals surface area contributed by atoms with Crippen LogP contribution in [-0.2, 0) is 6.54 Å². The Labute approximate surface area is 166 Å². The van der Waals surface area contributed by atoms with Crippen molar-refractivity contribution in [1.82, 2.24) is 20.5 Å². The first-order valence-corrected chi connectivity index (χ1v) is 9.15. The number of aromatic nitrogens is 1. The maximum atomic E-state index is 5.60. The van der Waals surface area contributed by atoms with Crippen molar-refractivity contribution < 1.29 is 13.9 Å². The van der Waals surface area contributed by atoms with Gasteiger partial charge in [0.2, 0.25) is 5.89 Å². The molecule has 28 heavy (non-hydrogen) atoms. The van der Waals surface area contributed by atoms with Crippen LogP contribution in [0.1, 0.15) is 29.0 Å². The number of nitrogens with one attached hydrogen (secondary N) is 2. The number of nitrogens with zero attached hydrogens (tertiary/aromatic N) is 3. The second-order valence-corrected chi connectivity index (χ2v) is 6.65. The van der Waals surface area contributed by atoms with Crippen molar-refractivity contribution in [2.24, 2.45) is 4.99 Å². The molecule has 2 aromatic rings. The van der Waals surface area contributed by atoms with Crippen LogP contribution in [0.5, 0.6) is 11.5 Å². The van der Waals surface area contributed by atoms with Crippen LogP contribution >= 0.6 is 0 Å². The van der Waals surface area contributed by atoms with Crippen molar-refractivity contribution in [2.45, 2.75) is 26.4 Å². The molecule has 1 aromatic heterocycles. The number of methoxy groups -OCH3 is 2. The lowest BCUT2D eigenvalue weighted by Gasteiger charge is -2.26. The molecule has 2 N–H and O–H groups in total. The first kappa shape index (κ1) is 21.6. The van der Waals surface area contributed by atoms with Crippen LogP contribution in [0.4, 0.5) is 0 Å². The van der Waals surface area contributed by atoms with Crippen LogP contribution in [0.2, 0.25) is 0 Å². The highest BCUT2D eigenvalue weighted by Gasteiger charge is 2.17. The predicted molar refractivity (Wildman–Crippen MR) is 110 cm³/mol. The zero-order valence-electron chi connectivity index (χ0n) is 17.8. The minimum atomic E-state index is 0.115. The summed E-state index contributed by atoms with van der Waals surface area (Å²) in [6.07, 6.45) is 0. The first-order valence-electron chi connectivity index (χ1n) is 9.15. The van der Waals surface area contributed by atoms with Crippen molar-refractivity contribution in [1.29, 1.82) is 0 Å². The molecular weight excluding hydrogens is 358 g/mol. The van der Waals surface area contributed by atoms with Crippen LogP contribution in [0.15, 0.2) is 27.6 Å². The van der Waals surface area contributed by atoms with Gasteiger partial charge in [-0.05, 0) is 45.6 Å². The van der Waals surface area contributed by atoms with Gasteiger partial charge in [-0.3, -0.25) is 4.99 Å². The van der Waals surface area contributed by atoms with Gasteiger partial charge in [0.15, 0.2) is 17.5 Å². The van der Waals surface area contributed by atoms with Gasteiger partial charge in [-0.15, -0.1) is 0 Å². The highest BCUT2D eigenvalue weighted by Crippen LogP contribution is 2.31. The third kappa shape index (κ3) is 5.39. The van der Waals surface area contributed by atoms with Gasteiger partial charge in [-0.25, -0.2) is 4.98 Å². The van der Waals surface area contributed by atoms with E-state index >= 15 is 0 Å². The number of rotatable bonds is 8. The molecule has 1 atom stereocenters. The molecule has 0 radical (unpaired) electrons. The molecule has 1 aromatic carbocycles. The van der Waals surface area contributed by atoms with E-state index in [4.69, 9.17) is 13.9 Å². The third-order valence-corrected chi connectivity index (χ3v) is 4.58. The molecule has 2 rings (SSSR count). The maximum Gasteiger partial charge on any atom is 0.214 e. The van der Waals surface area contributed by atoms with Crippen LogP contribution in [0.25, 0.3) is 0 Å². The van der Waals surface area contributed by atoms with Gasteiger partial charge in [-0.2, -0.15) is 0 Å². The number of oxazole rings is 1. The number of likely N-dealkylation sites (N-methyl/N-ethyl adjacent to an activating group) is 1. The number of aliphatic imine (C=N–C) groups is 1. The van der Waals surface area contributed by atoms with Crippen LogP contribution in [0, 0.1) is 13.8 Å². The SMILES string of the molecule is CN=C(NCc1nc(C)c(C)o1)NCC(c1ccc(OC)c(OC)c1)N(C)C. The van der Waals surface area contributed by atoms with Crippen molar-refractivity contribution in [3.05, 3.63) is 41.1 Å². The molecular formula is C20H31N5O3. The zero-order chi connectivity index (χ0) is 20.7. The van der Waals surface area contributed by atoms with Crippen molar-refractivity contribution in [3.63, 3.8) is 0 Å². The fourth-order valence-corrected chi connectivity index (χ4v) is 2.85. The second kappa shape index (κ2) is 9.98. The Hall–Kier alpha value is -2.74. The Morgan fingerprint density at radius 2 is 1.89 bits per heavy atom. The summed E-state index contributed by atoms with van der Waals surface area (Å²) < 4.78 is 16.4. The largest absolute Gasteiger partial charge is 0.493 e. The topological polar surface area (TPSA) is 84.2 Å². The highest BCUT2D eigenvalue weighted by molar-refractivity contribution is 5.79. The maximum absolute atomic E-state index is 5.60. The Morgan fingerprint density at radius 1 is 1.18 bits per heavy atom. The van der Waals surface area contributed by atoms with Gasteiger partial charge < -0.3 is 29.4 Å². The van der Waals surface area contributed by atoms with E-state index in [1.165, 1.54) is 0 Å². The van der Waals surface area contributed by atoms with Gasteiger partial charge in [0.05, 0.1) is 32.5 Å². The number of hydrogen-bond acceptors (Lipinski definition) is 6. The molecule has 0 spiro atoms. The van der Waals surface area contributed by atoms with E-state index in [0.717, 1.165) is 17.0 Å². The quantitative estimate of drug-likeness (QED) is 0.529.